The molecule has 0 radical (unpaired) electrons. The normalized spacial score (nSPS) is 29.2. The molecule has 2 amide bonds. The highest BCUT2D eigenvalue weighted by Crippen LogP contribution is 2.47. The molecule has 1 unspecified atom stereocenters. The lowest BCUT2D eigenvalue weighted by Gasteiger charge is -2.50. The van der Waals surface area contributed by atoms with Gasteiger partial charge in [-0.3, -0.25) is 9.80 Å². The van der Waals surface area contributed by atoms with Gasteiger partial charge in [0, 0.05) is 18.7 Å². The van der Waals surface area contributed by atoms with Crippen LogP contribution in [0.4, 0.5) is 23.7 Å². The van der Waals surface area contributed by atoms with Crippen molar-refractivity contribution in [2.45, 2.75) is 49.4 Å². The summed E-state index contributed by atoms with van der Waals surface area (Å²) in [6, 6.07) is 10.2. The lowest BCUT2D eigenvalue weighted by atomic mass is 9.68. The van der Waals surface area contributed by atoms with Gasteiger partial charge in [0.1, 0.15) is 0 Å². The van der Waals surface area contributed by atoms with Crippen LogP contribution in [-0.4, -0.2) is 59.8 Å². The molecular weight excluding hydrogens is 459 g/mol. The maximum Gasteiger partial charge on any atom is 0.451 e. The number of nitrogens with one attached hydrogen (secondary N) is 1. The first-order chi connectivity index (χ1) is 16.7. The van der Waals surface area contributed by atoms with Gasteiger partial charge in [0.15, 0.2) is 0 Å². The van der Waals surface area contributed by atoms with E-state index in [9.17, 15) is 18.0 Å². The van der Waals surface area contributed by atoms with Crippen molar-refractivity contribution in [1.29, 1.82) is 0 Å². The second-order valence-corrected chi connectivity index (χ2v) is 10.1. The van der Waals surface area contributed by atoms with Crippen molar-refractivity contribution in [3.05, 3.63) is 54.1 Å². The number of hydrogen-bond acceptors (Lipinski definition) is 5. The summed E-state index contributed by atoms with van der Waals surface area (Å²) in [5.41, 5.74) is 0.958. The molecule has 2 aliphatic heterocycles. The van der Waals surface area contributed by atoms with Crippen LogP contribution >= 0.6 is 0 Å². The second-order valence-electron chi connectivity index (χ2n) is 10.1. The number of urea groups is 1. The van der Waals surface area contributed by atoms with E-state index in [2.05, 4.69) is 51.5 Å². The Balaban J connectivity index is 1.33. The summed E-state index contributed by atoms with van der Waals surface area (Å²) in [5.74, 6) is -0.700. The van der Waals surface area contributed by atoms with Crippen LogP contribution in [0.2, 0.25) is 0 Å². The molecule has 1 aromatic heterocycles. The number of rotatable bonds is 5. The molecule has 1 saturated carbocycles. The van der Waals surface area contributed by atoms with E-state index in [1.165, 1.54) is 10.5 Å². The molecule has 1 spiro atoms. The Morgan fingerprint density at radius 2 is 1.83 bits per heavy atom. The van der Waals surface area contributed by atoms with Crippen LogP contribution in [0.25, 0.3) is 0 Å². The van der Waals surface area contributed by atoms with Gasteiger partial charge < -0.3 is 10.1 Å². The van der Waals surface area contributed by atoms with Gasteiger partial charge in [-0.2, -0.15) is 13.2 Å². The number of amides is 2. The predicted octanol–water partition coefficient (Wildman–Crippen LogP) is 4.20. The SMILES string of the molecule is CN(CC1CCOC1)[C@]1(c2ccccc2)CC[C@]2(CC1)CN(c1cnc(C(F)(F)F)nc1)C(=O)N2. The van der Waals surface area contributed by atoms with Crippen LogP contribution in [-0.2, 0) is 16.5 Å². The third kappa shape index (κ3) is 4.61. The van der Waals surface area contributed by atoms with Gasteiger partial charge in [-0.15, -0.1) is 0 Å². The molecule has 35 heavy (non-hydrogen) atoms. The van der Waals surface area contributed by atoms with E-state index in [4.69, 9.17) is 4.74 Å². The van der Waals surface area contributed by atoms with Crippen LogP contribution < -0.4 is 10.2 Å². The topological polar surface area (TPSA) is 70.6 Å². The molecule has 3 heterocycles. The van der Waals surface area contributed by atoms with Crippen molar-refractivity contribution in [3.8, 4) is 0 Å². The molecule has 1 N–H and O–H groups in total. The van der Waals surface area contributed by atoms with Crippen molar-refractivity contribution < 1.29 is 22.7 Å². The van der Waals surface area contributed by atoms with E-state index >= 15 is 0 Å². The maximum absolute atomic E-state index is 12.8. The number of carbonyl (C=O) groups is 1. The maximum atomic E-state index is 12.8. The van der Waals surface area contributed by atoms with Crippen LogP contribution in [0.5, 0.6) is 0 Å². The zero-order chi connectivity index (χ0) is 24.7. The zero-order valence-electron chi connectivity index (χ0n) is 19.7. The standard InChI is InChI=1S/C25H30F3N5O2/c1-32(15-18-7-12-35-16-18)24(19-5-3-2-4-6-19)10-8-23(9-11-24)17-33(22(34)31-23)20-13-29-21(30-14-20)25(26,27)28/h2-6,13-14,18H,7-12,15-17H2,1H3,(H,31,34)/t18?,23-,24+. The Morgan fingerprint density at radius 1 is 1.14 bits per heavy atom. The molecule has 1 aliphatic carbocycles. The smallest absolute Gasteiger partial charge is 0.381 e. The van der Waals surface area contributed by atoms with Crippen molar-refractivity contribution >= 4 is 11.7 Å². The summed E-state index contributed by atoms with van der Waals surface area (Å²) in [6.07, 6.45) is 1.84. The van der Waals surface area contributed by atoms with Crippen LogP contribution in [0.15, 0.2) is 42.7 Å². The Bertz CT molecular complexity index is 1030. The van der Waals surface area contributed by atoms with E-state index in [-0.39, 0.29) is 17.3 Å². The minimum Gasteiger partial charge on any atom is -0.381 e. The third-order valence-electron chi connectivity index (χ3n) is 7.91. The Labute approximate surface area is 202 Å². The Kier molecular flexibility index (Phi) is 6.21. The Morgan fingerprint density at radius 3 is 2.43 bits per heavy atom. The number of anilines is 1. The molecule has 2 aromatic rings. The summed E-state index contributed by atoms with van der Waals surface area (Å²) in [7, 11) is 2.18. The van der Waals surface area contributed by atoms with E-state index in [0.717, 1.165) is 64.3 Å². The first kappa shape index (κ1) is 24.0. The largest absolute Gasteiger partial charge is 0.451 e. The fraction of sp³-hybridized carbons (Fsp3) is 0.560. The van der Waals surface area contributed by atoms with Crippen LogP contribution in [0.3, 0.4) is 0 Å². The summed E-state index contributed by atoms with van der Waals surface area (Å²) in [5, 5.41) is 3.13. The fourth-order valence-electron chi connectivity index (χ4n) is 5.88. The molecular formula is C25H30F3N5O2. The van der Waals surface area contributed by atoms with Gasteiger partial charge in [-0.25, -0.2) is 14.8 Å². The average molecular weight is 490 g/mol. The second kappa shape index (κ2) is 9.05. The highest BCUT2D eigenvalue weighted by atomic mass is 19.4. The minimum absolute atomic E-state index is 0.148. The summed E-state index contributed by atoms with van der Waals surface area (Å²) < 4.78 is 44.1. The van der Waals surface area contributed by atoms with Crippen molar-refractivity contribution in [1.82, 2.24) is 20.2 Å². The monoisotopic (exact) mass is 489 g/mol. The zero-order valence-corrected chi connectivity index (χ0v) is 19.7. The van der Waals surface area contributed by atoms with Crippen molar-refractivity contribution in [2.75, 3.05) is 38.3 Å². The van der Waals surface area contributed by atoms with Crippen LogP contribution in [0.1, 0.15) is 43.5 Å². The molecule has 0 bridgehead atoms. The first-order valence-corrected chi connectivity index (χ1v) is 12.0. The lowest BCUT2D eigenvalue weighted by molar-refractivity contribution is -0.144. The minimum atomic E-state index is -4.62. The van der Waals surface area contributed by atoms with E-state index in [0.29, 0.717) is 12.5 Å². The molecule has 3 aliphatic rings. The van der Waals surface area contributed by atoms with Gasteiger partial charge in [0.05, 0.1) is 36.8 Å². The molecule has 10 heteroatoms. The number of aromatic nitrogens is 2. The molecule has 7 nitrogen and oxygen atoms in total. The van der Waals surface area contributed by atoms with Gasteiger partial charge in [0.2, 0.25) is 5.82 Å². The van der Waals surface area contributed by atoms with Crippen molar-refractivity contribution in [2.24, 2.45) is 5.92 Å². The van der Waals surface area contributed by atoms with Gasteiger partial charge in [-0.05, 0) is 50.6 Å². The predicted molar refractivity (Wildman–Crippen MR) is 124 cm³/mol. The van der Waals surface area contributed by atoms with Gasteiger partial charge in [-0.1, -0.05) is 30.3 Å². The number of halogens is 3. The lowest BCUT2D eigenvalue weighted by Crippen LogP contribution is -2.55. The number of alkyl halides is 3. The van der Waals surface area contributed by atoms with E-state index < -0.39 is 17.5 Å². The van der Waals surface area contributed by atoms with Gasteiger partial charge >= 0.3 is 12.2 Å². The molecule has 1 aromatic carbocycles. The molecule has 188 valence electrons. The quantitative estimate of drug-likeness (QED) is 0.682. The molecule has 3 fully saturated rings. The first-order valence-electron chi connectivity index (χ1n) is 12.0. The van der Waals surface area contributed by atoms with Crippen LogP contribution in [0, 0.1) is 5.92 Å². The number of hydrogen-bond donors (Lipinski definition) is 1. The summed E-state index contributed by atoms with van der Waals surface area (Å²) in [4.78, 5) is 23.6. The van der Waals surface area contributed by atoms with Crippen molar-refractivity contribution in [3.63, 3.8) is 0 Å². The number of nitrogens with zero attached hydrogens (tertiary/aromatic N) is 4. The highest BCUT2D eigenvalue weighted by molar-refractivity contribution is 5.95. The number of carbonyl (C=O) groups excluding carboxylic acids is 1. The molecule has 5 rings (SSSR count). The van der Waals surface area contributed by atoms with E-state index in [1.807, 2.05) is 6.07 Å². The highest BCUT2D eigenvalue weighted by Gasteiger charge is 2.51. The molecule has 2 saturated heterocycles. The summed E-state index contributed by atoms with van der Waals surface area (Å²) in [6.45, 7) is 2.93. The fourth-order valence-corrected chi connectivity index (χ4v) is 5.88. The number of ether oxygens (including phenoxy) is 1. The van der Waals surface area contributed by atoms with E-state index in [1.54, 1.807) is 0 Å². The molecule has 1 atom stereocenters. The Hall–Kier alpha value is -2.72. The summed E-state index contributed by atoms with van der Waals surface area (Å²) >= 11 is 0. The average Bonchev–Trinajstić information content (AvgIpc) is 3.47. The number of benzene rings is 1. The third-order valence-corrected chi connectivity index (χ3v) is 7.91. The van der Waals surface area contributed by atoms with Gasteiger partial charge in [0.25, 0.3) is 0 Å².